The standard InChI is InChI=1S/C13H25NO/c1-3-4-5-6-7-9-14-12(2)13-8-10-15-11-13/h3,12-14H,1,4-11H2,2H3. The summed E-state index contributed by atoms with van der Waals surface area (Å²) in [4.78, 5) is 0. The molecule has 0 radical (unpaired) electrons. The van der Waals surface area contributed by atoms with Crippen LogP contribution in [0.5, 0.6) is 0 Å². The van der Waals surface area contributed by atoms with Crippen molar-refractivity contribution < 1.29 is 4.74 Å². The second kappa shape index (κ2) is 7.89. The summed E-state index contributed by atoms with van der Waals surface area (Å²) >= 11 is 0. The lowest BCUT2D eigenvalue weighted by molar-refractivity contribution is 0.178. The van der Waals surface area contributed by atoms with Crippen LogP contribution in [0, 0.1) is 5.92 Å². The molecule has 0 amide bonds. The Kier molecular flexibility index (Phi) is 6.69. The number of hydrogen-bond acceptors (Lipinski definition) is 2. The van der Waals surface area contributed by atoms with E-state index >= 15 is 0 Å². The van der Waals surface area contributed by atoms with Gasteiger partial charge in [0.15, 0.2) is 0 Å². The summed E-state index contributed by atoms with van der Waals surface area (Å²) in [5, 5.41) is 3.60. The van der Waals surface area contributed by atoms with Gasteiger partial charge in [-0.25, -0.2) is 0 Å². The van der Waals surface area contributed by atoms with Crippen LogP contribution in [0.25, 0.3) is 0 Å². The number of ether oxygens (including phenoxy) is 1. The highest BCUT2D eigenvalue weighted by molar-refractivity contribution is 4.75. The molecule has 2 unspecified atom stereocenters. The van der Waals surface area contributed by atoms with Crippen molar-refractivity contribution in [3.63, 3.8) is 0 Å². The van der Waals surface area contributed by atoms with Gasteiger partial charge in [0, 0.05) is 12.6 Å². The summed E-state index contributed by atoms with van der Waals surface area (Å²) in [7, 11) is 0. The Labute approximate surface area is 94.1 Å². The molecule has 2 heteroatoms. The fraction of sp³-hybridized carbons (Fsp3) is 0.846. The predicted octanol–water partition coefficient (Wildman–Crippen LogP) is 2.75. The average molecular weight is 211 g/mol. The fourth-order valence-corrected chi connectivity index (χ4v) is 2.03. The van der Waals surface area contributed by atoms with Crippen molar-refractivity contribution in [3.8, 4) is 0 Å². The number of allylic oxidation sites excluding steroid dienone is 1. The van der Waals surface area contributed by atoms with E-state index in [2.05, 4.69) is 18.8 Å². The molecular formula is C13H25NO. The van der Waals surface area contributed by atoms with Gasteiger partial charge in [0.25, 0.3) is 0 Å². The van der Waals surface area contributed by atoms with Crippen LogP contribution in [0.2, 0.25) is 0 Å². The number of unbranched alkanes of at least 4 members (excludes halogenated alkanes) is 3. The van der Waals surface area contributed by atoms with E-state index in [4.69, 9.17) is 4.74 Å². The Morgan fingerprint density at radius 2 is 2.33 bits per heavy atom. The predicted molar refractivity (Wildman–Crippen MR) is 65.1 cm³/mol. The molecule has 1 aliphatic heterocycles. The van der Waals surface area contributed by atoms with E-state index in [0.717, 1.165) is 32.1 Å². The lowest BCUT2D eigenvalue weighted by Gasteiger charge is -2.19. The Balaban J connectivity index is 1.92. The molecule has 2 nitrogen and oxygen atoms in total. The third kappa shape index (κ3) is 5.33. The second-order valence-corrected chi connectivity index (χ2v) is 4.50. The zero-order valence-corrected chi connectivity index (χ0v) is 10.0. The van der Waals surface area contributed by atoms with Crippen molar-refractivity contribution in [3.05, 3.63) is 12.7 Å². The maximum Gasteiger partial charge on any atom is 0.0509 e. The lowest BCUT2D eigenvalue weighted by Crippen LogP contribution is -2.34. The van der Waals surface area contributed by atoms with Gasteiger partial charge in [-0.15, -0.1) is 6.58 Å². The first-order valence-electron chi connectivity index (χ1n) is 6.26. The molecule has 0 saturated carbocycles. The van der Waals surface area contributed by atoms with Gasteiger partial charge < -0.3 is 10.1 Å². The van der Waals surface area contributed by atoms with E-state index in [9.17, 15) is 0 Å². The third-order valence-corrected chi connectivity index (χ3v) is 3.22. The zero-order chi connectivity index (χ0) is 10.9. The summed E-state index contributed by atoms with van der Waals surface area (Å²) in [6, 6.07) is 0.618. The van der Waals surface area contributed by atoms with E-state index in [1.807, 2.05) is 6.08 Å². The second-order valence-electron chi connectivity index (χ2n) is 4.50. The molecule has 1 rings (SSSR count). The van der Waals surface area contributed by atoms with Crippen molar-refractivity contribution in [2.24, 2.45) is 5.92 Å². The first kappa shape index (κ1) is 12.7. The van der Waals surface area contributed by atoms with Crippen molar-refractivity contribution in [2.75, 3.05) is 19.8 Å². The minimum Gasteiger partial charge on any atom is -0.381 e. The van der Waals surface area contributed by atoms with Crippen LogP contribution in [-0.2, 0) is 4.74 Å². The van der Waals surface area contributed by atoms with Crippen molar-refractivity contribution in [2.45, 2.75) is 45.1 Å². The summed E-state index contributed by atoms with van der Waals surface area (Å²) < 4.78 is 5.39. The molecule has 0 aliphatic carbocycles. The molecule has 0 spiro atoms. The van der Waals surface area contributed by atoms with Gasteiger partial charge in [-0.1, -0.05) is 12.5 Å². The maximum absolute atomic E-state index is 5.39. The van der Waals surface area contributed by atoms with Gasteiger partial charge in [-0.3, -0.25) is 0 Å². The monoisotopic (exact) mass is 211 g/mol. The molecule has 1 fully saturated rings. The van der Waals surface area contributed by atoms with E-state index in [1.54, 1.807) is 0 Å². The van der Waals surface area contributed by atoms with Crippen LogP contribution in [0.1, 0.15) is 39.0 Å². The molecule has 88 valence electrons. The Hall–Kier alpha value is -0.340. The minimum absolute atomic E-state index is 0.618. The van der Waals surface area contributed by atoms with Gasteiger partial charge in [-0.2, -0.15) is 0 Å². The minimum atomic E-state index is 0.618. The molecule has 0 aromatic rings. The summed E-state index contributed by atoms with van der Waals surface area (Å²) in [5.41, 5.74) is 0. The first-order valence-corrected chi connectivity index (χ1v) is 6.26. The van der Waals surface area contributed by atoms with E-state index < -0.39 is 0 Å². The quantitative estimate of drug-likeness (QED) is 0.492. The van der Waals surface area contributed by atoms with Gasteiger partial charge in [0.2, 0.25) is 0 Å². The molecule has 0 bridgehead atoms. The molecule has 1 N–H and O–H groups in total. The normalized spacial score (nSPS) is 22.9. The van der Waals surface area contributed by atoms with Gasteiger partial charge in [0.05, 0.1) is 6.61 Å². The molecule has 1 heterocycles. The smallest absolute Gasteiger partial charge is 0.0509 e. The average Bonchev–Trinajstić information content (AvgIpc) is 2.76. The van der Waals surface area contributed by atoms with Crippen molar-refractivity contribution in [1.29, 1.82) is 0 Å². The molecule has 1 saturated heterocycles. The molecule has 0 aromatic heterocycles. The molecular weight excluding hydrogens is 186 g/mol. The third-order valence-electron chi connectivity index (χ3n) is 3.22. The van der Waals surface area contributed by atoms with Crippen LogP contribution >= 0.6 is 0 Å². The molecule has 1 aliphatic rings. The summed E-state index contributed by atoms with van der Waals surface area (Å²) in [6.45, 7) is 9.06. The maximum atomic E-state index is 5.39. The van der Waals surface area contributed by atoms with Crippen molar-refractivity contribution >= 4 is 0 Å². The zero-order valence-electron chi connectivity index (χ0n) is 10.0. The van der Waals surface area contributed by atoms with Crippen LogP contribution < -0.4 is 5.32 Å². The fourth-order valence-electron chi connectivity index (χ4n) is 2.03. The Bertz CT molecular complexity index is 164. The largest absolute Gasteiger partial charge is 0.381 e. The topological polar surface area (TPSA) is 21.3 Å². The van der Waals surface area contributed by atoms with E-state index in [1.165, 1.54) is 25.7 Å². The highest BCUT2D eigenvalue weighted by Gasteiger charge is 2.21. The lowest BCUT2D eigenvalue weighted by atomic mass is 10.0. The number of nitrogens with one attached hydrogen (secondary N) is 1. The highest BCUT2D eigenvalue weighted by Crippen LogP contribution is 2.16. The van der Waals surface area contributed by atoms with E-state index in [0.29, 0.717) is 6.04 Å². The van der Waals surface area contributed by atoms with E-state index in [-0.39, 0.29) is 0 Å². The molecule has 2 atom stereocenters. The van der Waals surface area contributed by atoms with Gasteiger partial charge in [0.1, 0.15) is 0 Å². The summed E-state index contributed by atoms with van der Waals surface area (Å²) in [6.07, 6.45) is 8.27. The SMILES string of the molecule is C=CCCCCCNC(C)C1CCOC1. The highest BCUT2D eigenvalue weighted by atomic mass is 16.5. The van der Waals surface area contributed by atoms with Crippen LogP contribution in [0.15, 0.2) is 12.7 Å². The summed E-state index contributed by atoms with van der Waals surface area (Å²) in [5.74, 6) is 0.734. The first-order chi connectivity index (χ1) is 7.34. The van der Waals surface area contributed by atoms with Gasteiger partial charge >= 0.3 is 0 Å². The molecule has 15 heavy (non-hydrogen) atoms. The number of rotatable bonds is 8. The van der Waals surface area contributed by atoms with Crippen molar-refractivity contribution in [1.82, 2.24) is 5.32 Å². The Morgan fingerprint density at radius 3 is 3.00 bits per heavy atom. The van der Waals surface area contributed by atoms with Crippen LogP contribution in [0.3, 0.4) is 0 Å². The number of hydrogen-bond donors (Lipinski definition) is 1. The Morgan fingerprint density at radius 1 is 1.47 bits per heavy atom. The van der Waals surface area contributed by atoms with Gasteiger partial charge in [-0.05, 0) is 45.1 Å². The molecule has 0 aromatic carbocycles. The van der Waals surface area contributed by atoms with Crippen LogP contribution in [0.4, 0.5) is 0 Å². The van der Waals surface area contributed by atoms with Crippen LogP contribution in [-0.4, -0.2) is 25.8 Å².